The van der Waals surface area contributed by atoms with Crippen LogP contribution in [-0.4, -0.2) is 34.4 Å². The SMILES string of the molecule is CCC(Oc1ccccc1F)C(=O)NC1CNc2c(c(C)nn2C)C1. The quantitative estimate of drug-likeness (QED) is 0.871. The number of para-hydroxylation sites is 1. The smallest absolute Gasteiger partial charge is 0.261 e. The van der Waals surface area contributed by atoms with Crippen molar-refractivity contribution in [2.45, 2.75) is 38.8 Å². The van der Waals surface area contributed by atoms with Crippen LogP contribution in [-0.2, 0) is 18.3 Å². The Bertz CT molecular complexity index is 774. The summed E-state index contributed by atoms with van der Waals surface area (Å²) in [6.07, 6.45) is 0.440. The third-order valence-corrected chi connectivity index (χ3v) is 4.43. The fourth-order valence-corrected chi connectivity index (χ4v) is 3.12. The first kappa shape index (κ1) is 17.3. The Morgan fingerprint density at radius 3 is 3.00 bits per heavy atom. The van der Waals surface area contributed by atoms with Gasteiger partial charge < -0.3 is 15.4 Å². The summed E-state index contributed by atoms with van der Waals surface area (Å²) in [4.78, 5) is 12.6. The van der Waals surface area contributed by atoms with Gasteiger partial charge in [-0.3, -0.25) is 9.48 Å². The van der Waals surface area contributed by atoms with E-state index in [4.69, 9.17) is 4.74 Å². The number of hydrogen-bond donors (Lipinski definition) is 2. The molecular weight excluding hydrogens is 323 g/mol. The molecule has 2 atom stereocenters. The summed E-state index contributed by atoms with van der Waals surface area (Å²) in [5.41, 5.74) is 2.07. The zero-order valence-corrected chi connectivity index (χ0v) is 14.7. The summed E-state index contributed by atoms with van der Waals surface area (Å²) in [5, 5.41) is 10.7. The van der Waals surface area contributed by atoms with Gasteiger partial charge in [-0.1, -0.05) is 19.1 Å². The Labute approximate surface area is 146 Å². The van der Waals surface area contributed by atoms with Gasteiger partial charge in [0.2, 0.25) is 0 Å². The Balaban J connectivity index is 1.65. The summed E-state index contributed by atoms with van der Waals surface area (Å²) in [5.74, 6) is 0.389. The lowest BCUT2D eigenvalue weighted by molar-refractivity contribution is -0.128. The van der Waals surface area contributed by atoms with Crippen LogP contribution in [0.25, 0.3) is 0 Å². The standard InChI is InChI=1S/C18H23FN4O2/c1-4-15(25-16-8-6-5-7-14(16)19)18(24)21-12-9-13-11(2)22-23(3)17(13)20-10-12/h5-8,12,15,20H,4,9-10H2,1-3H3,(H,21,24). The molecule has 2 unspecified atom stereocenters. The number of fused-ring (bicyclic) bond motifs is 1. The molecule has 0 fully saturated rings. The highest BCUT2D eigenvalue weighted by Crippen LogP contribution is 2.24. The molecular formula is C18H23FN4O2. The van der Waals surface area contributed by atoms with E-state index in [1.165, 1.54) is 12.1 Å². The van der Waals surface area contributed by atoms with E-state index in [1.54, 1.807) is 12.1 Å². The predicted octanol–water partition coefficient (Wildman–Crippen LogP) is 2.18. The molecule has 0 spiro atoms. The maximum absolute atomic E-state index is 13.7. The van der Waals surface area contributed by atoms with Crippen molar-refractivity contribution >= 4 is 11.7 Å². The highest BCUT2D eigenvalue weighted by Gasteiger charge is 2.27. The van der Waals surface area contributed by atoms with Gasteiger partial charge in [0.25, 0.3) is 5.91 Å². The number of aryl methyl sites for hydroxylation is 2. The molecule has 1 aromatic heterocycles. The van der Waals surface area contributed by atoms with Crippen LogP contribution in [0.1, 0.15) is 24.6 Å². The zero-order chi connectivity index (χ0) is 18.0. The number of amides is 1. The van der Waals surface area contributed by atoms with Crippen LogP contribution in [0.15, 0.2) is 24.3 Å². The number of anilines is 1. The minimum absolute atomic E-state index is 0.0545. The molecule has 6 nitrogen and oxygen atoms in total. The molecule has 2 heterocycles. The van der Waals surface area contributed by atoms with Crippen molar-refractivity contribution in [1.29, 1.82) is 0 Å². The van der Waals surface area contributed by atoms with Gasteiger partial charge in [-0.2, -0.15) is 5.10 Å². The molecule has 3 rings (SSSR count). The molecule has 134 valence electrons. The van der Waals surface area contributed by atoms with Gasteiger partial charge in [0, 0.05) is 19.2 Å². The van der Waals surface area contributed by atoms with E-state index >= 15 is 0 Å². The first-order valence-corrected chi connectivity index (χ1v) is 8.47. The van der Waals surface area contributed by atoms with Crippen LogP contribution < -0.4 is 15.4 Å². The fraction of sp³-hybridized carbons (Fsp3) is 0.444. The third-order valence-electron chi connectivity index (χ3n) is 4.43. The fourth-order valence-electron chi connectivity index (χ4n) is 3.12. The maximum atomic E-state index is 13.7. The lowest BCUT2D eigenvalue weighted by Gasteiger charge is -2.27. The number of nitrogens with zero attached hydrogens (tertiary/aromatic N) is 2. The van der Waals surface area contributed by atoms with Gasteiger partial charge in [0.05, 0.1) is 11.7 Å². The van der Waals surface area contributed by atoms with Gasteiger partial charge in [0.15, 0.2) is 17.7 Å². The van der Waals surface area contributed by atoms with E-state index in [2.05, 4.69) is 15.7 Å². The van der Waals surface area contributed by atoms with Gasteiger partial charge in [-0.05, 0) is 31.9 Å². The number of hydrogen-bond acceptors (Lipinski definition) is 4. The van der Waals surface area contributed by atoms with Crippen molar-refractivity contribution in [2.75, 3.05) is 11.9 Å². The Hall–Kier alpha value is -2.57. The molecule has 1 aromatic carbocycles. The van der Waals surface area contributed by atoms with Gasteiger partial charge in [-0.15, -0.1) is 0 Å². The van der Waals surface area contributed by atoms with Crippen LogP contribution in [0.4, 0.5) is 10.2 Å². The second-order valence-electron chi connectivity index (χ2n) is 6.27. The summed E-state index contributed by atoms with van der Waals surface area (Å²) in [6, 6.07) is 6.06. The van der Waals surface area contributed by atoms with E-state index in [0.717, 1.165) is 17.1 Å². The number of ether oxygens (including phenoxy) is 1. The number of nitrogens with one attached hydrogen (secondary N) is 2. The van der Waals surface area contributed by atoms with Crippen LogP contribution in [0.5, 0.6) is 5.75 Å². The number of rotatable bonds is 5. The summed E-state index contributed by atoms with van der Waals surface area (Å²) >= 11 is 0. The molecule has 0 saturated heterocycles. The van der Waals surface area contributed by atoms with Crippen molar-refractivity contribution in [3.8, 4) is 5.75 Å². The topological polar surface area (TPSA) is 68.2 Å². The normalized spacial score (nSPS) is 17.4. The Morgan fingerprint density at radius 2 is 2.28 bits per heavy atom. The first-order valence-electron chi connectivity index (χ1n) is 8.47. The van der Waals surface area contributed by atoms with Crippen molar-refractivity contribution in [3.05, 3.63) is 41.3 Å². The van der Waals surface area contributed by atoms with E-state index in [9.17, 15) is 9.18 Å². The number of aromatic nitrogens is 2. The average Bonchev–Trinajstić information content (AvgIpc) is 2.88. The molecule has 1 aliphatic rings. The van der Waals surface area contributed by atoms with Crippen LogP contribution in [0.3, 0.4) is 0 Å². The summed E-state index contributed by atoms with van der Waals surface area (Å²) < 4.78 is 21.1. The molecule has 25 heavy (non-hydrogen) atoms. The molecule has 7 heteroatoms. The second-order valence-corrected chi connectivity index (χ2v) is 6.27. The van der Waals surface area contributed by atoms with Gasteiger partial charge in [0.1, 0.15) is 5.82 Å². The van der Waals surface area contributed by atoms with E-state index in [0.29, 0.717) is 19.4 Å². The van der Waals surface area contributed by atoms with Crippen LogP contribution in [0.2, 0.25) is 0 Å². The largest absolute Gasteiger partial charge is 0.478 e. The maximum Gasteiger partial charge on any atom is 0.261 e. The zero-order valence-electron chi connectivity index (χ0n) is 14.7. The number of carbonyl (C=O) groups is 1. The number of benzene rings is 1. The van der Waals surface area contributed by atoms with E-state index in [-0.39, 0.29) is 17.7 Å². The average molecular weight is 346 g/mol. The van der Waals surface area contributed by atoms with Crippen molar-refractivity contribution in [3.63, 3.8) is 0 Å². The molecule has 0 aliphatic carbocycles. The Kier molecular flexibility index (Phi) is 4.92. The highest BCUT2D eigenvalue weighted by molar-refractivity contribution is 5.81. The van der Waals surface area contributed by atoms with E-state index < -0.39 is 11.9 Å². The summed E-state index contributed by atoms with van der Waals surface area (Å²) in [7, 11) is 1.90. The van der Waals surface area contributed by atoms with Crippen LogP contribution in [0, 0.1) is 12.7 Å². The van der Waals surface area contributed by atoms with Crippen molar-refractivity contribution in [2.24, 2.45) is 7.05 Å². The molecule has 1 amide bonds. The number of carbonyl (C=O) groups excluding carboxylic acids is 1. The minimum atomic E-state index is -0.728. The predicted molar refractivity (Wildman–Crippen MR) is 93.2 cm³/mol. The first-order chi connectivity index (χ1) is 12.0. The molecule has 1 aliphatic heterocycles. The minimum Gasteiger partial charge on any atom is -0.478 e. The highest BCUT2D eigenvalue weighted by atomic mass is 19.1. The molecule has 2 N–H and O–H groups in total. The van der Waals surface area contributed by atoms with Crippen LogP contribution >= 0.6 is 0 Å². The van der Waals surface area contributed by atoms with Gasteiger partial charge in [-0.25, -0.2) is 4.39 Å². The third kappa shape index (κ3) is 3.60. The summed E-state index contributed by atoms with van der Waals surface area (Å²) in [6.45, 7) is 4.42. The molecule has 0 bridgehead atoms. The number of halogens is 1. The van der Waals surface area contributed by atoms with E-state index in [1.807, 2.05) is 25.6 Å². The molecule has 2 aromatic rings. The lowest BCUT2D eigenvalue weighted by Crippen LogP contribution is -2.48. The Morgan fingerprint density at radius 1 is 1.52 bits per heavy atom. The van der Waals surface area contributed by atoms with Crippen molar-refractivity contribution < 1.29 is 13.9 Å². The lowest BCUT2D eigenvalue weighted by atomic mass is 10.0. The van der Waals surface area contributed by atoms with Gasteiger partial charge >= 0.3 is 0 Å². The molecule has 0 saturated carbocycles. The second kappa shape index (κ2) is 7.13. The van der Waals surface area contributed by atoms with Crippen molar-refractivity contribution in [1.82, 2.24) is 15.1 Å². The molecule has 0 radical (unpaired) electrons. The monoisotopic (exact) mass is 346 g/mol.